The van der Waals surface area contributed by atoms with Crippen LogP contribution in [-0.2, 0) is 10.1 Å². The average molecular weight is 241 g/mol. The van der Waals surface area contributed by atoms with Gasteiger partial charge in [-0.2, -0.15) is 8.42 Å². The van der Waals surface area contributed by atoms with Gasteiger partial charge in [0.05, 0.1) is 0 Å². The molecule has 0 aliphatic rings. The molecule has 2 aromatic carbocycles. The van der Waals surface area contributed by atoms with Gasteiger partial charge in [0, 0.05) is 16.5 Å². The van der Waals surface area contributed by atoms with Crippen LogP contribution >= 0.6 is 0 Å². The van der Waals surface area contributed by atoms with Crippen molar-refractivity contribution in [3.05, 3.63) is 36.4 Å². The fourth-order valence-corrected chi connectivity index (χ4v) is 2.22. The van der Waals surface area contributed by atoms with Gasteiger partial charge in [0.25, 0.3) is 10.1 Å². The number of nitrogens with two attached hydrogens (primary N) is 1. The van der Waals surface area contributed by atoms with Crippen molar-refractivity contribution in [3.8, 4) is 0 Å². The fraction of sp³-hybridized carbons (Fsp3) is 0. The molecular formula is C10H11NO4S. The summed E-state index contributed by atoms with van der Waals surface area (Å²) in [5.74, 6) is 0. The lowest BCUT2D eigenvalue weighted by atomic mass is 10.1. The molecule has 0 atom stereocenters. The summed E-state index contributed by atoms with van der Waals surface area (Å²) in [6, 6.07) is 9.52. The molecule has 0 heterocycles. The van der Waals surface area contributed by atoms with Crippen molar-refractivity contribution in [1.82, 2.24) is 0 Å². The molecule has 6 heteroatoms. The monoisotopic (exact) mass is 241 g/mol. The molecule has 86 valence electrons. The van der Waals surface area contributed by atoms with Gasteiger partial charge in [0.15, 0.2) is 0 Å². The molecule has 0 unspecified atom stereocenters. The van der Waals surface area contributed by atoms with Gasteiger partial charge in [-0.15, -0.1) is 0 Å². The summed E-state index contributed by atoms with van der Waals surface area (Å²) in [5.41, 5.74) is 6.18. The lowest BCUT2D eigenvalue weighted by Gasteiger charge is -2.05. The number of hydrogen-bond acceptors (Lipinski definition) is 3. The summed E-state index contributed by atoms with van der Waals surface area (Å²) < 4.78 is 31.2. The van der Waals surface area contributed by atoms with E-state index in [1.165, 1.54) is 12.1 Å². The van der Waals surface area contributed by atoms with E-state index in [0.29, 0.717) is 16.5 Å². The van der Waals surface area contributed by atoms with Crippen molar-refractivity contribution in [2.24, 2.45) is 0 Å². The average Bonchev–Trinajstić information content (AvgIpc) is 2.17. The van der Waals surface area contributed by atoms with Crippen molar-refractivity contribution >= 4 is 26.6 Å². The van der Waals surface area contributed by atoms with Crippen LogP contribution < -0.4 is 5.73 Å². The van der Waals surface area contributed by atoms with E-state index in [1.807, 2.05) is 0 Å². The van der Waals surface area contributed by atoms with Crippen molar-refractivity contribution < 1.29 is 18.4 Å². The first-order valence-electron chi connectivity index (χ1n) is 4.25. The van der Waals surface area contributed by atoms with E-state index in [9.17, 15) is 8.42 Å². The molecule has 0 radical (unpaired) electrons. The van der Waals surface area contributed by atoms with Gasteiger partial charge in [-0.1, -0.05) is 24.3 Å². The van der Waals surface area contributed by atoms with Crippen LogP contribution in [-0.4, -0.2) is 18.4 Å². The third kappa shape index (κ3) is 1.99. The molecule has 0 aliphatic heterocycles. The minimum atomic E-state index is -4.20. The van der Waals surface area contributed by atoms with Crippen LogP contribution in [0, 0.1) is 0 Å². The summed E-state index contributed by atoms with van der Waals surface area (Å²) in [5, 5.41) is 1.05. The van der Waals surface area contributed by atoms with Crippen LogP contribution in [0.15, 0.2) is 41.3 Å². The van der Waals surface area contributed by atoms with Crippen molar-refractivity contribution in [1.29, 1.82) is 0 Å². The molecule has 0 spiro atoms. The van der Waals surface area contributed by atoms with Gasteiger partial charge in [-0.25, -0.2) is 0 Å². The molecule has 0 aliphatic carbocycles. The highest BCUT2D eigenvalue weighted by atomic mass is 32.2. The van der Waals surface area contributed by atoms with Crippen molar-refractivity contribution in [3.63, 3.8) is 0 Å². The lowest BCUT2D eigenvalue weighted by Crippen LogP contribution is -2.00. The van der Waals surface area contributed by atoms with Gasteiger partial charge in [0.2, 0.25) is 0 Å². The van der Waals surface area contributed by atoms with Crippen LogP contribution in [0.5, 0.6) is 0 Å². The van der Waals surface area contributed by atoms with Gasteiger partial charge in [-0.05, 0) is 12.1 Å². The number of rotatable bonds is 1. The van der Waals surface area contributed by atoms with E-state index in [0.717, 1.165) is 0 Å². The summed E-state index contributed by atoms with van der Waals surface area (Å²) in [7, 11) is -4.20. The maximum atomic E-state index is 11.1. The highest BCUT2D eigenvalue weighted by molar-refractivity contribution is 7.86. The Kier molecular flexibility index (Phi) is 3.18. The Balaban J connectivity index is 0.00000128. The molecule has 0 bridgehead atoms. The molecule has 2 aromatic rings. The highest BCUT2D eigenvalue weighted by Crippen LogP contribution is 2.27. The van der Waals surface area contributed by atoms with Crippen LogP contribution in [0.1, 0.15) is 0 Å². The molecule has 5 nitrogen and oxygen atoms in total. The maximum Gasteiger partial charge on any atom is 0.295 e. The van der Waals surface area contributed by atoms with Gasteiger partial charge >= 0.3 is 0 Å². The first kappa shape index (κ1) is 12.4. The van der Waals surface area contributed by atoms with Crippen molar-refractivity contribution in [2.45, 2.75) is 4.90 Å². The highest BCUT2D eigenvalue weighted by Gasteiger charge is 2.14. The van der Waals surface area contributed by atoms with E-state index in [4.69, 9.17) is 10.3 Å². The summed E-state index contributed by atoms with van der Waals surface area (Å²) >= 11 is 0. The van der Waals surface area contributed by atoms with Crippen LogP contribution in [0.25, 0.3) is 10.8 Å². The zero-order valence-electron chi connectivity index (χ0n) is 8.21. The Labute approximate surface area is 92.6 Å². The van der Waals surface area contributed by atoms with Crippen molar-refractivity contribution in [2.75, 3.05) is 5.73 Å². The molecule has 16 heavy (non-hydrogen) atoms. The SMILES string of the molecule is Nc1ccc(S(=O)(=O)O)c2ccccc12.O. The minimum Gasteiger partial charge on any atom is -0.412 e. The molecule has 0 amide bonds. The number of nitrogen functional groups attached to an aromatic ring is 1. The number of anilines is 1. The molecule has 0 fully saturated rings. The molecular weight excluding hydrogens is 230 g/mol. The second-order valence-corrected chi connectivity index (χ2v) is 4.56. The Morgan fingerprint density at radius 3 is 2.12 bits per heavy atom. The number of hydrogen-bond donors (Lipinski definition) is 2. The zero-order valence-corrected chi connectivity index (χ0v) is 9.03. The van der Waals surface area contributed by atoms with Gasteiger partial charge in [-0.3, -0.25) is 4.55 Å². The predicted octanol–water partition coefficient (Wildman–Crippen LogP) is 0.844. The maximum absolute atomic E-state index is 11.1. The largest absolute Gasteiger partial charge is 0.412 e. The number of fused-ring (bicyclic) bond motifs is 1. The lowest BCUT2D eigenvalue weighted by molar-refractivity contribution is 0.484. The molecule has 0 aromatic heterocycles. The van der Waals surface area contributed by atoms with Crippen LogP contribution in [0.3, 0.4) is 0 Å². The van der Waals surface area contributed by atoms with E-state index < -0.39 is 10.1 Å². The van der Waals surface area contributed by atoms with E-state index >= 15 is 0 Å². The molecule has 0 saturated heterocycles. The quantitative estimate of drug-likeness (QED) is 0.569. The first-order chi connectivity index (χ1) is 7.00. The first-order valence-corrected chi connectivity index (χ1v) is 5.69. The van der Waals surface area contributed by atoms with Crippen LogP contribution in [0.4, 0.5) is 5.69 Å². The van der Waals surface area contributed by atoms with Crippen LogP contribution in [0.2, 0.25) is 0 Å². The fourth-order valence-electron chi connectivity index (χ4n) is 1.52. The Morgan fingerprint density at radius 1 is 1.00 bits per heavy atom. The van der Waals surface area contributed by atoms with Gasteiger partial charge in [0.1, 0.15) is 4.90 Å². The Bertz CT molecular complexity index is 622. The Hall–Kier alpha value is -1.63. The molecule has 2 rings (SSSR count). The standard InChI is InChI=1S/C10H9NO3S.H2O/c11-9-5-6-10(15(12,13)14)8-4-2-1-3-7(8)9;/h1-6H,11H2,(H,12,13,14);1H2. The molecule has 0 saturated carbocycles. The van der Waals surface area contributed by atoms with E-state index in [2.05, 4.69) is 0 Å². The molecule has 5 N–H and O–H groups in total. The Morgan fingerprint density at radius 2 is 1.56 bits per heavy atom. The van der Waals surface area contributed by atoms with E-state index in [1.54, 1.807) is 24.3 Å². The smallest absolute Gasteiger partial charge is 0.295 e. The summed E-state index contributed by atoms with van der Waals surface area (Å²) in [4.78, 5) is -0.118. The minimum absolute atomic E-state index is 0. The van der Waals surface area contributed by atoms with E-state index in [-0.39, 0.29) is 10.4 Å². The summed E-state index contributed by atoms with van der Waals surface area (Å²) in [6.45, 7) is 0. The normalized spacial score (nSPS) is 11.1. The second-order valence-electron chi connectivity index (χ2n) is 3.17. The number of benzene rings is 2. The predicted molar refractivity (Wildman–Crippen MR) is 61.8 cm³/mol. The van der Waals surface area contributed by atoms with Gasteiger partial charge < -0.3 is 11.2 Å². The summed E-state index contributed by atoms with van der Waals surface area (Å²) in [6.07, 6.45) is 0. The third-order valence-corrected chi connectivity index (χ3v) is 3.11. The second kappa shape index (κ2) is 4.09. The zero-order chi connectivity index (χ0) is 11.1. The third-order valence-electron chi connectivity index (χ3n) is 2.20. The topological polar surface area (TPSA) is 112 Å².